The minimum Gasteiger partial charge on any atom is -0.352 e. The van der Waals surface area contributed by atoms with Gasteiger partial charge >= 0.3 is 0 Å². The third kappa shape index (κ3) is 2.95. The second-order valence-electron chi connectivity index (χ2n) is 7.68. The monoisotopic (exact) mass is 367 g/mol. The molecule has 1 saturated heterocycles. The maximum Gasteiger partial charge on any atom is 0.178 e. The number of fused-ring (bicyclic) bond motifs is 2. The molecule has 5 rings (SSSR count). The van der Waals surface area contributed by atoms with Crippen LogP contribution in [0.15, 0.2) is 12.1 Å². The summed E-state index contributed by atoms with van der Waals surface area (Å²) in [6.45, 7) is 5.77. The Morgan fingerprint density at radius 1 is 1.07 bits per heavy atom. The molecule has 3 aromatic rings. The zero-order valence-electron chi connectivity index (χ0n) is 15.9. The number of anilines is 1. The van der Waals surface area contributed by atoms with Gasteiger partial charge in [0.1, 0.15) is 17.5 Å². The Balaban J connectivity index is 1.24. The molecular formula is C18H25N9. The molecule has 0 aliphatic carbocycles. The van der Waals surface area contributed by atoms with Crippen molar-refractivity contribution in [2.45, 2.75) is 51.7 Å². The van der Waals surface area contributed by atoms with Gasteiger partial charge in [0, 0.05) is 32.1 Å². The molecule has 0 amide bonds. The average Bonchev–Trinajstić information content (AvgIpc) is 3.08. The number of hydrogen-bond acceptors (Lipinski definition) is 7. The number of likely N-dealkylation sites (N-methyl/N-ethyl adjacent to an activating group) is 1. The molecule has 0 spiro atoms. The van der Waals surface area contributed by atoms with Crippen LogP contribution >= 0.6 is 0 Å². The normalized spacial score (nSPS) is 18.0. The van der Waals surface area contributed by atoms with Crippen molar-refractivity contribution in [2.75, 3.05) is 25.0 Å². The van der Waals surface area contributed by atoms with Crippen LogP contribution in [-0.4, -0.2) is 65.7 Å². The van der Waals surface area contributed by atoms with Crippen LogP contribution in [-0.2, 0) is 19.5 Å². The average molecular weight is 367 g/mol. The van der Waals surface area contributed by atoms with Crippen LogP contribution in [0.5, 0.6) is 0 Å². The first-order chi connectivity index (χ1) is 13.2. The highest BCUT2D eigenvalue weighted by molar-refractivity contribution is 5.47. The van der Waals surface area contributed by atoms with E-state index < -0.39 is 0 Å². The smallest absolute Gasteiger partial charge is 0.178 e. The number of aromatic nitrogens is 7. The summed E-state index contributed by atoms with van der Waals surface area (Å²) in [4.78, 5) is 4.69. The van der Waals surface area contributed by atoms with Gasteiger partial charge in [-0.15, -0.1) is 25.5 Å². The maximum atomic E-state index is 4.67. The Morgan fingerprint density at radius 3 is 2.85 bits per heavy atom. The molecule has 9 nitrogen and oxygen atoms in total. The number of rotatable bonds is 4. The highest BCUT2D eigenvalue weighted by atomic mass is 15.4. The quantitative estimate of drug-likeness (QED) is 0.682. The summed E-state index contributed by atoms with van der Waals surface area (Å²) >= 11 is 0. The fraction of sp³-hybridized carbons (Fsp3) is 0.611. The SMILES string of the molecule is Cc1nnc2ccc(N3CC(N(C)Cc4nnc5n4CCCCC5)C3)nn12. The summed E-state index contributed by atoms with van der Waals surface area (Å²) in [5.41, 5.74) is 0.790. The van der Waals surface area contributed by atoms with E-state index in [2.05, 4.69) is 46.9 Å². The Hall–Kier alpha value is -2.55. The molecule has 3 aromatic heterocycles. The standard InChI is InChI=1S/C18H25N9/c1-13-19-21-16-7-8-17(23-27(13)16)25-10-14(11-25)24(2)12-18-22-20-15-6-4-3-5-9-26(15)18/h7-8,14H,3-6,9-12H2,1-2H3. The van der Waals surface area contributed by atoms with E-state index in [0.29, 0.717) is 6.04 Å². The minimum absolute atomic E-state index is 0.503. The molecule has 142 valence electrons. The van der Waals surface area contributed by atoms with Gasteiger partial charge in [0.05, 0.1) is 6.54 Å². The van der Waals surface area contributed by atoms with Crippen LogP contribution in [0.25, 0.3) is 5.65 Å². The van der Waals surface area contributed by atoms with Crippen molar-refractivity contribution in [1.29, 1.82) is 0 Å². The molecule has 0 radical (unpaired) electrons. The van der Waals surface area contributed by atoms with Crippen molar-refractivity contribution in [3.63, 3.8) is 0 Å². The predicted molar refractivity (Wildman–Crippen MR) is 101 cm³/mol. The molecule has 0 bridgehead atoms. The van der Waals surface area contributed by atoms with Crippen LogP contribution in [0.2, 0.25) is 0 Å². The van der Waals surface area contributed by atoms with Gasteiger partial charge in [-0.25, -0.2) is 0 Å². The lowest BCUT2D eigenvalue weighted by Gasteiger charge is -2.44. The molecule has 27 heavy (non-hydrogen) atoms. The van der Waals surface area contributed by atoms with Gasteiger partial charge in [0.15, 0.2) is 11.5 Å². The highest BCUT2D eigenvalue weighted by Crippen LogP contribution is 2.23. The summed E-state index contributed by atoms with van der Waals surface area (Å²) < 4.78 is 4.14. The molecule has 0 saturated carbocycles. The van der Waals surface area contributed by atoms with Gasteiger partial charge < -0.3 is 9.47 Å². The van der Waals surface area contributed by atoms with Gasteiger partial charge in [0.2, 0.25) is 0 Å². The van der Waals surface area contributed by atoms with E-state index in [1.54, 1.807) is 4.52 Å². The first-order valence-corrected chi connectivity index (χ1v) is 9.74. The van der Waals surface area contributed by atoms with Crippen LogP contribution in [0.3, 0.4) is 0 Å². The second kappa shape index (κ2) is 6.56. The maximum absolute atomic E-state index is 4.67. The first kappa shape index (κ1) is 16.6. The lowest BCUT2D eigenvalue weighted by molar-refractivity contribution is 0.189. The number of hydrogen-bond donors (Lipinski definition) is 0. The summed E-state index contributed by atoms with van der Waals surface area (Å²) in [7, 11) is 2.18. The van der Waals surface area contributed by atoms with Crippen LogP contribution in [0.4, 0.5) is 5.82 Å². The zero-order valence-corrected chi connectivity index (χ0v) is 15.9. The fourth-order valence-corrected chi connectivity index (χ4v) is 3.99. The molecule has 2 aliphatic rings. The molecule has 5 heterocycles. The van der Waals surface area contributed by atoms with Gasteiger partial charge in [-0.05, 0) is 38.9 Å². The van der Waals surface area contributed by atoms with Crippen LogP contribution in [0, 0.1) is 6.92 Å². The summed E-state index contributed by atoms with van der Waals surface area (Å²) in [5, 5.41) is 21.7. The van der Waals surface area contributed by atoms with Crippen molar-refractivity contribution in [3.05, 3.63) is 29.6 Å². The summed E-state index contributed by atoms with van der Waals surface area (Å²) in [6.07, 6.45) is 4.81. The predicted octanol–water partition coefficient (Wildman–Crippen LogP) is 1.07. The highest BCUT2D eigenvalue weighted by Gasteiger charge is 2.32. The van der Waals surface area contributed by atoms with Crippen molar-refractivity contribution < 1.29 is 0 Å². The zero-order chi connectivity index (χ0) is 18.4. The van der Waals surface area contributed by atoms with Gasteiger partial charge in [-0.2, -0.15) is 4.52 Å². The molecule has 0 N–H and O–H groups in total. The van der Waals surface area contributed by atoms with Gasteiger partial charge in [-0.3, -0.25) is 4.90 Å². The van der Waals surface area contributed by atoms with Crippen molar-refractivity contribution >= 4 is 11.5 Å². The van der Waals surface area contributed by atoms with Crippen LogP contribution in [0.1, 0.15) is 36.7 Å². The molecule has 1 fully saturated rings. The topological polar surface area (TPSA) is 80.3 Å². The first-order valence-electron chi connectivity index (χ1n) is 9.74. The molecule has 2 aliphatic heterocycles. The van der Waals surface area contributed by atoms with E-state index >= 15 is 0 Å². The summed E-state index contributed by atoms with van der Waals surface area (Å²) in [6, 6.07) is 4.51. The number of aryl methyl sites for hydroxylation is 2. The Morgan fingerprint density at radius 2 is 1.96 bits per heavy atom. The summed E-state index contributed by atoms with van der Waals surface area (Å²) in [5.74, 6) is 4.06. The lowest BCUT2D eigenvalue weighted by atomic mass is 10.1. The van der Waals surface area contributed by atoms with E-state index in [1.807, 2.05) is 19.1 Å². The second-order valence-corrected chi connectivity index (χ2v) is 7.68. The van der Waals surface area contributed by atoms with E-state index in [-0.39, 0.29) is 0 Å². The van der Waals surface area contributed by atoms with E-state index in [4.69, 9.17) is 0 Å². The third-order valence-corrected chi connectivity index (χ3v) is 5.79. The van der Waals surface area contributed by atoms with Crippen LogP contribution < -0.4 is 4.90 Å². The van der Waals surface area contributed by atoms with Gasteiger partial charge in [0.25, 0.3) is 0 Å². The van der Waals surface area contributed by atoms with E-state index in [1.165, 1.54) is 19.3 Å². The van der Waals surface area contributed by atoms with Crippen molar-refractivity contribution in [2.24, 2.45) is 0 Å². The Labute approximate surface area is 158 Å². The molecule has 0 atom stereocenters. The van der Waals surface area contributed by atoms with Gasteiger partial charge in [-0.1, -0.05) is 6.42 Å². The molecular weight excluding hydrogens is 342 g/mol. The molecule has 0 aromatic carbocycles. The number of nitrogens with zero attached hydrogens (tertiary/aromatic N) is 9. The lowest BCUT2D eigenvalue weighted by Crippen LogP contribution is -2.58. The minimum atomic E-state index is 0.503. The van der Waals surface area contributed by atoms with E-state index in [0.717, 1.165) is 61.5 Å². The van der Waals surface area contributed by atoms with E-state index in [9.17, 15) is 0 Å². The van der Waals surface area contributed by atoms with Crippen molar-refractivity contribution in [3.8, 4) is 0 Å². The Kier molecular flexibility index (Phi) is 4.04. The third-order valence-electron chi connectivity index (χ3n) is 5.79. The molecule has 9 heteroatoms. The molecule has 0 unspecified atom stereocenters. The fourth-order valence-electron chi connectivity index (χ4n) is 3.99. The van der Waals surface area contributed by atoms with Crippen molar-refractivity contribution in [1.82, 2.24) is 39.5 Å². The largest absolute Gasteiger partial charge is 0.352 e. The Bertz CT molecular complexity index is 953.